The molecule has 0 aromatic carbocycles. The highest BCUT2D eigenvalue weighted by Crippen LogP contribution is 2.35. The Bertz CT molecular complexity index is 310. The SMILES string of the molecule is C/C(=C\CCP(C)(=O)O)CO.C1C[NH+]2CCN1CC2. The molecule has 5 nitrogen and oxygen atoms in total. The zero-order valence-corrected chi connectivity index (χ0v) is 13.0. The Morgan fingerprint density at radius 1 is 1.32 bits per heavy atom. The van der Waals surface area contributed by atoms with Gasteiger partial charge in [0.15, 0.2) is 7.37 Å². The van der Waals surface area contributed by atoms with Crippen molar-refractivity contribution in [1.82, 2.24) is 4.90 Å². The number of rotatable bonds is 4. The van der Waals surface area contributed by atoms with Crippen molar-refractivity contribution < 1.29 is 19.5 Å². The average Bonchev–Trinajstić information content (AvgIpc) is 2.40. The Kier molecular flexibility index (Phi) is 7.26. The number of aliphatic hydroxyl groups is 1. The number of allylic oxidation sites excluding steroid dienone is 1. The number of hydrogen-bond acceptors (Lipinski definition) is 3. The van der Waals surface area contributed by atoms with Gasteiger partial charge in [-0.3, -0.25) is 9.46 Å². The van der Waals surface area contributed by atoms with Crippen LogP contribution >= 0.6 is 7.37 Å². The van der Waals surface area contributed by atoms with Crippen molar-refractivity contribution in [1.29, 1.82) is 0 Å². The molecular weight excluding hydrogens is 263 g/mol. The van der Waals surface area contributed by atoms with E-state index in [1.165, 1.54) is 45.9 Å². The lowest BCUT2D eigenvalue weighted by Gasteiger charge is -2.38. The van der Waals surface area contributed by atoms with Crippen LogP contribution in [-0.4, -0.2) is 73.6 Å². The van der Waals surface area contributed by atoms with Crippen molar-refractivity contribution in [3.63, 3.8) is 0 Å². The highest BCUT2D eigenvalue weighted by atomic mass is 31.2. The minimum atomic E-state index is -2.86. The molecule has 3 N–H and O–H groups in total. The van der Waals surface area contributed by atoms with Crippen LogP contribution in [0.25, 0.3) is 0 Å². The molecule has 6 heteroatoms. The Hall–Kier alpha value is -0.190. The Morgan fingerprint density at radius 3 is 2.11 bits per heavy atom. The minimum absolute atomic E-state index is 0.0272. The molecule has 0 aromatic rings. The monoisotopic (exact) mass is 291 g/mol. The van der Waals surface area contributed by atoms with Gasteiger partial charge >= 0.3 is 0 Å². The number of quaternary nitrogens is 1. The second kappa shape index (κ2) is 8.18. The van der Waals surface area contributed by atoms with Gasteiger partial charge in [-0.1, -0.05) is 11.6 Å². The number of piperazine rings is 3. The zero-order valence-electron chi connectivity index (χ0n) is 12.1. The first kappa shape index (κ1) is 16.9. The van der Waals surface area contributed by atoms with E-state index in [4.69, 9.17) is 10.00 Å². The summed E-state index contributed by atoms with van der Waals surface area (Å²) < 4.78 is 10.7. The highest BCUT2D eigenvalue weighted by molar-refractivity contribution is 7.57. The van der Waals surface area contributed by atoms with Crippen molar-refractivity contribution >= 4 is 7.37 Å². The van der Waals surface area contributed by atoms with E-state index in [9.17, 15) is 4.57 Å². The van der Waals surface area contributed by atoms with Crippen LogP contribution in [0, 0.1) is 0 Å². The van der Waals surface area contributed by atoms with Crippen molar-refractivity contribution in [3.05, 3.63) is 11.6 Å². The van der Waals surface area contributed by atoms with Crippen molar-refractivity contribution in [2.24, 2.45) is 0 Å². The van der Waals surface area contributed by atoms with Crippen molar-refractivity contribution in [3.8, 4) is 0 Å². The molecule has 1 atom stereocenters. The zero-order chi connectivity index (χ0) is 14.3. The van der Waals surface area contributed by atoms with Crippen LogP contribution in [0.1, 0.15) is 13.3 Å². The normalized spacial score (nSPS) is 29.4. The first-order chi connectivity index (χ1) is 8.90. The molecule has 0 amide bonds. The summed E-state index contributed by atoms with van der Waals surface area (Å²) in [4.78, 5) is 13.3. The molecule has 3 fully saturated rings. The maximum Gasteiger partial charge on any atom is 0.197 e. The lowest BCUT2D eigenvalue weighted by atomic mass is 10.2. The number of fused-ring (bicyclic) bond motifs is 3. The molecule has 2 bridgehead atoms. The third-order valence-corrected chi connectivity index (χ3v) is 4.72. The molecular formula is C13H28N2O3P+. The maximum absolute atomic E-state index is 10.7. The second-order valence-electron chi connectivity index (χ2n) is 5.61. The predicted molar refractivity (Wildman–Crippen MR) is 78.1 cm³/mol. The minimum Gasteiger partial charge on any atom is -0.392 e. The van der Waals surface area contributed by atoms with Crippen LogP contribution in [0.15, 0.2) is 11.6 Å². The van der Waals surface area contributed by atoms with Crippen LogP contribution in [0.4, 0.5) is 0 Å². The van der Waals surface area contributed by atoms with Gasteiger partial charge in [0.05, 0.1) is 26.2 Å². The molecule has 3 rings (SSSR count). The predicted octanol–water partition coefficient (Wildman–Crippen LogP) is -0.584. The molecule has 0 saturated carbocycles. The van der Waals surface area contributed by atoms with Gasteiger partial charge in [0.2, 0.25) is 0 Å². The highest BCUT2D eigenvalue weighted by Gasteiger charge is 2.25. The van der Waals surface area contributed by atoms with E-state index in [1.807, 2.05) is 4.90 Å². The maximum atomic E-state index is 10.7. The van der Waals surface area contributed by atoms with Gasteiger partial charge in [-0.25, -0.2) is 0 Å². The topological polar surface area (TPSA) is 65.2 Å². The summed E-state index contributed by atoms with van der Waals surface area (Å²) >= 11 is 0. The van der Waals surface area contributed by atoms with Gasteiger partial charge in [0, 0.05) is 32.5 Å². The fourth-order valence-electron chi connectivity index (χ4n) is 2.27. The molecule has 1 unspecified atom stereocenters. The standard InChI is InChI=1S/C7H15O3P.C6H12N2/c1-7(6-8)4-3-5-11(2,9)10;1-2-8-5-3-7(1)4-6-8/h4,8H,3,5-6H2,1-2H3,(H,9,10);1-6H2/p+1/b7-4+;. The molecule has 112 valence electrons. The molecule has 3 saturated heterocycles. The van der Waals surface area contributed by atoms with Gasteiger partial charge in [0.1, 0.15) is 0 Å². The number of hydrogen-bond donors (Lipinski definition) is 3. The molecule has 3 aliphatic heterocycles. The molecule has 0 radical (unpaired) electrons. The molecule has 19 heavy (non-hydrogen) atoms. The van der Waals surface area contributed by atoms with Crippen LogP contribution in [-0.2, 0) is 4.57 Å². The first-order valence-electron chi connectivity index (χ1n) is 7.02. The average molecular weight is 291 g/mol. The smallest absolute Gasteiger partial charge is 0.197 e. The number of nitrogens with zero attached hydrogens (tertiary/aromatic N) is 1. The number of nitrogens with one attached hydrogen (secondary N) is 1. The fraction of sp³-hybridized carbons (Fsp3) is 0.846. The largest absolute Gasteiger partial charge is 0.392 e. The Labute approximate surface area is 116 Å². The Morgan fingerprint density at radius 2 is 1.84 bits per heavy atom. The van der Waals surface area contributed by atoms with E-state index in [0.29, 0.717) is 12.6 Å². The third-order valence-electron chi connectivity index (χ3n) is 3.63. The molecule has 3 heterocycles. The lowest BCUT2D eigenvalue weighted by Crippen LogP contribution is -3.17. The molecule has 3 aliphatic rings. The fourth-order valence-corrected chi connectivity index (χ4v) is 2.88. The molecule has 0 aliphatic carbocycles. The number of aliphatic hydroxyl groups excluding tert-OH is 1. The van der Waals surface area contributed by atoms with Crippen LogP contribution < -0.4 is 4.90 Å². The van der Waals surface area contributed by atoms with Gasteiger partial charge in [0.25, 0.3) is 0 Å². The quantitative estimate of drug-likeness (QED) is 0.479. The summed E-state index contributed by atoms with van der Waals surface area (Å²) in [5, 5.41) is 8.56. The third kappa shape index (κ3) is 7.85. The van der Waals surface area contributed by atoms with Crippen LogP contribution in [0.5, 0.6) is 0 Å². The van der Waals surface area contributed by atoms with Crippen molar-refractivity contribution in [2.45, 2.75) is 13.3 Å². The van der Waals surface area contributed by atoms with Gasteiger partial charge in [-0.05, 0) is 13.3 Å². The van der Waals surface area contributed by atoms with E-state index in [1.54, 1.807) is 13.0 Å². The van der Waals surface area contributed by atoms with E-state index in [-0.39, 0.29) is 6.61 Å². The van der Waals surface area contributed by atoms with Crippen LogP contribution in [0.2, 0.25) is 0 Å². The van der Waals surface area contributed by atoms with E-state index < -0.39 is 7.37 Å². The van der Waals surface area contributed by atoms with E-state index in [2.05, 4.69) is 4.90 Å². The van der Waals surface area contributed by atoms with Gasteiger partial charge in [-0.15, -0.1) is 0 Å². The summed E-state index contributed by atoms with van der Waals surface area (Å²) in [5.74, 6) is 0. The summed E-state index contributed by atoms with van der Waals surface area (Å²) in [7, 11) is -2.86. The second-order valence-corrected chi connectivity index (χ2v) is 8.16. The molecule has 0 spiro atoms. The summed E-state index contributed by atoms with van der Waals surface area (Å²) in [6.45, 7) is 11.4. The summed E-state index contributed by atoms with van der Waals surface area (Å²) in [5.41, 5.74) is 0.846. The lowest BCUT2D eigenvalue weighted by molar-refractivity contribution is -0.914. The van der Waals surface area contributed by atoms with Gasteiger partial charge < -0.3 is 14.9 Å². The van der Waals surface area contributed by atoms with Gasteiger partial charge in [-0.2, -0.15) is 0 Å². The van der Waals surface area contributed by atoms with Crippen molar-refractivity contribution in [2.75, 3.05) is 58.7 Å². The summed E-state index contributed by atoms with van der Waals surface area (Å²) in [6.07, 6.45) is 2.65. The first-order valence-corrected chi connectivity index (χ1v) is 9.31. The van der Waals surface area contributed by atoms with E-state index >= 15 is 0 Å². The molecule has 0 aromatic heterocycles. The Balaban J connectivity index is 0.000000196. The summed E-state index contributed by atoms with van der Waals surface area (Å²) in [6, 6.07) is 0. The van der Waals surface area contributed by atoms with Crippen LogP contribution in [0.3, 0.4) is 0 Å². The van der Waals surface area contributed by atoms with E-state index in [0.717, 1.165) is 5.57 Å².